The molecule has 4 aromatic heterocycles. The molecule has 0 bridgehead atoms. The number of aryl methyl sites for hydroxylation is 1. The molecule has 0 fully saturated rings. The van der Waals surface area contributed by atoms with Gasteiger partial charge in [-0.05, 0) is 25.1 Å². The van der Waals surface area contributed by atoms with Crippen LogP contribution >= 0.6 is 11.3 Å². The molecule has 10 heteroatoms. The fourth-order valence-electron chi connectivity index (χ4n) is 2.69. The summed E-state index contributed by atoms with van der Waals surface area (Å²) in [6.07, 6.45) is 3.16. The van der Waals surface area contributed by atoms with Crippen LogP contribution < -0.4 is 16.4 Å². The quantitative estimate of drug-likeness (QED) is 0.391. The highest BCUT2D eigenvalue weighted by atomic mass is 32.1. The highest BCUT2D eigenvalue weighted by Crippen LogP contribution is 2.25. The second kappa shape index (κ2) is 6.82. The lowest BCUT2D eigenvalue weighted by Crippen LogP contribution is -2.19. The standard InChI is InChI=1S/C17H16N6O3S/c1-9-2-3-13(27-9)11-7-14(18-4-5-24)23-15(20-11)10(8-19-23)6-12-16(25)22-17(26)21-12/h2-3,6-8,24-25H,4-5H2,1H3,(H2,21,22,26). The van der Waals surface area contributed by atoms with Crippen LogP contribution in [0.1, 0.15) is 10.6 Å². The number of nitrogens with one attached hydrogen (secondary N) is 2. The molecule has 138 valence electrons. The Hall–Kier alpha value is -3.24. The first-order valence-electron chi connectivity index (χ1n) is 8.15. The van der Waals surface area contributed by atoms with Gasteiger partial charge in [0.2, 0.25) is 5.88 Å². The van der Waals surface area contributed by atoms with E-state index in [9.17, 15) is 9.90 Å². The maximum atomic E-state index is 11.4. The Morgan fingerprint density at radius 2 is 2.22 bits per heavy atom. The molecular weight excluding hydrogens is 368 g/mol. The zero-order valence-corrected chi connectivity index (χ0v) is 15.1. The summed E-state index contributed by atoms with van der Waals surface area (Å²) >= 11 is 1.61. The van der Waals surface area contributed by atoms with Gasteiger partial charge in [-0.25, -0.2) is 9.78 Å². The molecule has 0 spiro atoms. The first-order valence-corrected chi connectivity index (χ1v) is 8.97. The van der Waals surface area contributed by atoms with Gasteiger partial charge in [-0.1, -0.05) is 0 Å². The maximum absolute atomic E-state index is 11.4. The minimum atomic E-state index is -0.503. The summed E-state index contributed by atoms with van der Waals surface area (Å²) in [7, 11) is 0. The van der Waals surface area contributed by atoms with Crippen molar-refractivity contribution in [1.29, 1.82) is 0 Å². The third kappa shape index (κ3) is 3.27. The van der Waals surface area contributed by atoms with E-state index in [1.165, 1.54) is 0 Å². The van der Waals surface area contributed by atoms with Gasteiger partial charge < -0.3 is 15.2 Å². The lowest BCUT2D eigenvalue weighted by Gasteiger charge is -2.00. The van der Waals surface area contributed by atoms with Crippen molar-refractivity contribution in [2.45, 2.75) is 6.92 Å². The smallest absolute Gasteiger partial charge is 0.326 e. The monoisotopic (exact) mass is 384 g/mol. The van der Waals surface area contributed by atoms with Gasteiger partial charge in [0.1, 0.15) is 5.69 Å². The van der Waals surface area contributed by atoms with Crippen LogP contribution in [0.4, 0.5) is 0 Å². The maximum Gasteiger partial charge on any atom is 0.326 e. The van der Waals surface area contributed by atoms with Crippen molar-refractivity contribution < 1.29 is 10.2 Å². The molecule has 4 rings (SSSR count). The highest BCUT2D eigenvalue weighted by molar-refractivity contribution is 7.15. The van der Waals surface area contributed by atoms with Crippen LogP contribution in [0.15, 0.2) is 34.2 Å². The first kappa shape index (κ1) is 17.2. The number of aliphatic hydroxyl groups excluding tert-OH is 1. The van der Waals surface area contributed by atoms with E-state index < -0.39 is 5.69 Å². The number of hydrogen-bond donors (Lipinski definition) is 4. The van der Waals surface area contributed by atoms with Crippen LogP contribution in [0, 0.1) is 6.92 Å². The molecule has 4 N–H and O–H groups in total. The average molecular weight is 384 g/mol. The van der Waals surface area contributed by atoms with E-state index in [4.69, 9.17) is 10.1 Å². The van der Waals surface area contributed by atoms with Crippen molar-refractivity contribution in [1.82, 2.24) is 24.6 Å². The van der Waals surface area contributed by atoms with Gasteiger partial charge in [-0.15, -0.1) is 11.3 Å². The van der Waals surface area contributed by atoms with Gasteiger partial charge in [-0.2, -0.15) is 9.61 Å². The number of aromatic amines is 2. The third-order valence-electron chi connectivity index (χ3n) is 3.88. The number of aliphatic hydroxyl groups is 1. The number of hydrogen-bond acceptors (Lipinski definition) is 7. The fraction of sp³-hybridized carbons (Fsp3) is 0.176. The van der Waals surface area contributed by atoms with E-state index in [2.05, 4.69) is 20.1 Å². The topological polar surface area (TPSA) is 132 Å². The third-order valence-corrected chi connectivity index (χ3v) is 4.91. The SMILES string of the molecule is Cc1ccc(-c2cc(=NCCO)n3ncc(=Cc4[nH]c(=O)[nH]c4O)c3n2)s1. The van der Waals surface area contributed by atoms with E-state index in [0.717, 1.165) is 15.4 Å². The van der Waals surface area contributed by atoms with E-state index in [1.807, 2.05) is 25.1 Å². The molecule has 0 aliphatic carbocycles. The Bertz CT molecular complexity index is 1300. The lowest BCUT2D eigenvalue weighted by molar-refractivity contribution is 0.305. The number of H-pyrrole nitrogens is 2. The molecule has 4 heterocycles. The summed E-state index contributed by atoms with van der Waals surface area (Å²) in [5.41, 5.74) is 1.55. The van der Waals surface area contributed by atoms with Crippen molar-refractivity contribution >= 4 is 23.1 Å². The summed E-state index contributed by atoms with van der Waals surface area (Å²) < 4.78 is 1.56. The van der Waals surface area contributed by atoms with Crippen LogP contribution in [-0.4, -0.2) is 47.9 Å². The Morgan fingerprint density at radius 3 is 2.89 bits per heavy atom. The summed E-state index contributed by atoms with van der Waals surface area (Å²) in [5, 5.41) is 23.8. The molecule has 0 radical (unpaired) electrons. The zero-order chi connectivity index (χ0) is 19.0. The Balaban J connectivity index is 2.00. The van der Waals surface area contributed by atoms with Crippen LogP contribution in [0.5, 0.6) is 5.88 Å². The molecule has 0 unspecified atom stereocenters. The lowest BCUT2D eigenvalue weighted by atomic mass is 10.3. The molecule has 0 amide bonds. The second-order valence-electron chi connectivity index (χ2n) is 5.84. The van der Waals surface area contributed by atoms with Crippen molar-refractivity contribution in [2.24, 2.45) is 4.99 Å². The number of aromatic hydroxyl groups is 1. The van der Waals surface area contributed by atoms with Crippen LogP contribution in [0.25, 0.3) is 22.3 Å². The second-order valence-corrected chi connectivity index (χ2v) is 7.12. The number of aromatic nitrogens is 5. The largest absolute Gasteiger partial charge is 0.493 e. The average Bonchev–Trinajstić information content (AvgIpc) is 3.33. The number of imidazole rings is 1. The molecule has 0 aromatic carbocycles. The summed E-state index contributed by atoms with van der Waals surface area (Å²) in [6, 6.07) is 5.83. The van der Waals surface area contributed by atoms with Gasteiger partial charge in [0.15, 0.2) is 11.1 Å². The Morgan fingerprint density at radius 1 is 1.37 bits per heavy atom. The van der Waals surface area contributed by atoms with Gasteiger partial charge in [0.05, 0.1) is 29.9 Å². The molecular formula is C17H16N6O3S. The van der Waals surface area contributed by atoms with E-state index in [0.29, 0.717) is 16.4 Å². The van der Waals surface area contributed by atoms with Crippen molar-refractivity contribution in [3.63, 3.8) is 0 Å². The molecule has 0 atom stereocenters. The van der Waals surface area contributed by atoms with Crippen molar-refractivity contribution in [3.8, 4) is 16.5 Å². The minimum absolute atomic E-state index is 0.0734. The first-order chi connectivity index (χ1) is 13.0. The van der Waals surface area contributed by atoms with E-state index in [-0.39, 0.29) is 24.7 Å². The number of thiophene rings is 1. The van der Waals surface area contributed by atoms with Gasteiger partial charge in [0.25, 0.3) is 0 Å². The number of rotatable bonds is 4. The number of nitrogens with zero attached hydrogens (tertiary/aromatic N) is 4. The molecule has 0 aliphatic heterocycles. The van der Waals surface area contributed by atoms with Gasteiger partial charge in [0, 0.05) is 16.2 Å². The molecule has 0 saturated heterocycles. The van der Waals surface area contributed by atoms with Gasteiger partial charge >= 0.3 is 5.69 Å². The number of fused-ring (bicyclic) bond motifs is 1. The summed E-state index contributed by atoms with van der Waals surface area (Å²) in [5.74, 6) is -0.255. The molecule has 0 aliphatic rings. The Kier molecular flexibility index (Phi) is 4.34. The van der Waals surface area contributed by atoms with Crippen LogP contribution in [0.3, 0.4) is 0 Å². The van der Waals surface area contributed by atoms with Crippen molar-refractivity contribution in [3.05, 3.63) is 56.2 Å². The summed E-state index contributed by atoms with van der Waals surface area (Å²) in [4.78, 5) is 27.3. The van der Waals surface area contributed by atoms with E-state index >= 15 is 0 Å². The predicted octanol–water partition coefficient (Wildman–Crippen LogP) is -0.0711. The molecule has 9 nitrogen and oxygen atoms in total. The van der Waals surface area contributed by atoms with E-state index in [1.54, 1.807) is 28.1 Å². The molecule has 4 aromatic rings. The summed E-state index contributed by atoms with van der Waals surface area (Å²) in [6.45, 7) is 2.19. The normalized spacial score (nSPS) is 13.1. The van der Waals surface area contributed by atoms with Crippen LogP contribution in [0.2, 0.25) is 0 Å². The fourth-order valence-corrected chi connectivity index (χ4v) is 3.52. The Labute approximate surface area is 156 Å². The highest BCUT2D eigenvalue weighted by Gasteiger charge is 2.10. The molecule has 0 saturated carbocycles. The van der Waals surface area contributed by atoms with Crippen molar-refractivity contribution in [2.75, 3.05) is 13.2 Å². The predicted molar refractivity (Wildman–Crippen MR) is 100 cm³/mol. The van der Waals surface area contributed by atoms with Gasteiger partial charge in [-0.3, -0.25) is 9.98 Å². The zero-order valence-electron chi connectivity index (χ0n) is 14.3. The molecule has 27 heavy (non-hydrogen) atoms. The van der Waals surface area contributed by atoms with Crippen LogP contribution in [-0.2, 0) is 0 Å². The minimum Gasteiger partial charge on any atom is -0.493 e.